The lowest BCUT2D eigenvalue weighted by Gasteiger charge is -2.20. The van der Waals surface area contributed by atoms with E-state index in [0.717, 1.165) is 76.0 Å². The molecule has 294 valence electrons. The zero-order valence-electron chi connectivity index (χ0n) is 33.9. The van der Waals surface area contributed by atoms with Gasteiger partial charge < -0.3 is 0 Å². The smallest absolute Gasteiger partial charge is 0.165 e. The summed E-state index contributed by atoms with van der Waals surface area (Å²) in [5, 5.41) is 5.07. The van der Waals surface area contributed by atoms with Crippen molar-refractivity contribution in [2.75, 3.05) is 0 Å². The molecule has 0 N–H and O–H groups in total. The molecule has 0 unspecified atom stereocenters. The molecule has 0 radical (unpaired) electrons. The Morgan fingerprint density at radius 1 is 0.435 bits per heavy atom. The number of nitrogens with zero attached hydrogens (tertiary/aromatic N) is 3. The van der Waals surface area contributed by atoms with Gasteiger partial charge in [-0.25, -0.2) is 15.0 Å². The summed E-state index contributed by atoms with van der Waals surface area (Å²) in [5.74, 6) is 2.10. The Kier molecular flexibility index (Phi) is 9.16. The van der Waals surface area contributed by atoms with Crippen LogP contribution in [0, 0.1) is 0 Å². The van der Waals surface area contributed by atoms with Gasteiger partial charge in [0.2, 0.25) is 0 Å². The van der Waals surface area contributed by atoms with Crippen LogP contribution in [0.15, 0.2) is 182 Å². The number of allylic oxidation sites excluding steroid dienone is 4. The highest BCUT2D eigenvalue weighted by atomic mass is 32.1. The Morgan fingerprint density at radius 3 is 1.85 bits per heavy atom. The van der Waals surface area contributed by atoms with Crippen molar-refractivity contribution >= 4 is 70.2 Å². The molecule has 62 heavy (non-hydrogen) atoms. The number of thiophene rings is 2. The Balaban J connectivity index is 1.18. The van der Waals surface area contributed by atoms with E-state index in [1.54, 1.807) is 0 Å². The monoisotopic (exact) mass is 829 g/mol. The summed E-state index contributed by atoms with van der Waals surface area (Å²) < 4.78 is 4.98. The number of fused-ring (bicyclic) bond motifs is 6. The number of aromatic nitrogens is 3. The Labute approximate surface area is 368 Å². The predicted molar refractivity (Wildman–Crippen MR) is 264 cm³/mol. The van der Waals surface area contributed by atoms with Crippen molar-refractivity contribution in [2.24, 2.45) is 0 Å². The summed E-state index contributed by atoms with van der Waals surface area (Å²) in [4.78, 5) is 16.7. The first kappa shape index (κ1) is 36.8. The third kappa shape index (κ3) is 6.44. The average Bonchev–Trinajstić information content (AvgIpc) is 3.93. The molecule has 5 heteroatoms. The normalized spacial score (nSPS) is 13.7. The number of hydrogen-bond acceptors (Lipinski definition) is 5. The van der Waals surface area contributed by atoms with Crippen molar-refractivity contribution in [1.82, 2.24) is 15.0 Å². The summed E-state index contributed by atoms with van der Waals surface area (Å²) in [6, 6.07) is 59.3. The minimum absolute atomic E-state index is 0.669. The van der Waals surface area contributed by atoms with Gasteiger partial charge in [-0.1, -0.05) is 158 Å². The lowest BCUT2D eigenvalue weighted by atomic mass is 9.86. The number of benzene rings is 7. The molecular formula is C57H39N3S2. The van der Waals surface area contributed by atoms with Gasteiger partial charge in [0, 0.05) is 51.7 Å². The van der Waals surface area contributed by atoms with Crippen LogP contribution in [0.25, 0.3) is 104 Å². The van der Waals surface area contributed by atoms with Crippen molar-refractivity contribution in [3.63, 3.8) is 0 Å². The van der Waals surface area contributed by atoms with Crippen LogP contribution >= 0.6 is 22.7 Å². The van der Waals surface area contributed by atoms with E-state index in [9.17, 15) is 0 Å². The van der Waals surface area contributed by atoms with Crippen LogP contribution in [-0.4, -0.2) is 15.0 Å². The predicted octanol–water partition coefficient (Wildman–Crippen LogP) is 14.3. The van der Waals surface area contributed by atoms with E-state index in [0.29, 0.717) is 11.6 Å². The number of rotatable bonds is 7. The molecule has 2 aliphatic carbocycles. The van der Waals surface area contributed by atoms with Crippen molar-refractivity contribution in [3.05, 3.63) is 203 Å². The molecule has 3 nitrogen and oxygen atoms in total. The van der Waals surface area contributed by atoms with Gasteiger partial charge >= 0.3 is 0 Å². The van der Waals surface area contributed by atoms with Gasteiger partial charge in [0.1, 0.15) is 0 Å². The highest BCUT2D eigenvalue weighted by Gasteiger charge is 2.24. The van der Waals surface area contributed by atoms with Crippen LogP contribution < -0.4 is 9.75 Å². The maximum absolute atomic E-state index is 5.61. The van der Waals surface area contributed by atoms with E-state index in [1.807, 2.05) is 22.7 Å². The molecular weight excluding hydrogens is 791 g/mol. The highest BCUT2D eigenvalue weighted by molar-refractivity contribution is 7.26. The Bertz CT molecular complexity index is 3560. The van der Waals surface area contributed by atoms with E-state index < -0.39 is 0 Å². The van der Waals surface area contributed by atoms with Crippen LogP contribution in [0.5, 0.6) is 0 Å². The molecule has 10 aromatic rings. The third-order valence-corrected chi connectivity index (χ3v) is 14.8. The lowest BCUT2D eigenvalue weighted by Crippen LogP contribution is -2.26. The summed E-state index contributed by atoms with van der Waals surface area (Å²) in [6.45, 7) is 0. The summed E-state index contributed by atoms with van der Waals surface area (Å²) in [5.41, 5.74) is 12.6. The topological polar surface area (TPSA) is 38.7 Å². The lowest BCUT2D eigenvalue weighted by molar-refractivity contribution is 0.988. The van der Waals surface area contributed by atoms with Crippen LogP contribution in [0.4, 0.5) is 0 Å². The fourth-order valence-electron chi connectivity index (χ4n) is 9.32. The second kappa shape index (κ2) is 15.4. The molecule has 0 fully saturated rings. The van der Waals surface area contributed by atoms with Crippen LogP contribution in [0.2, 0.25) is 0 Å². The molecule has 0 saturated heterocycles. The minimum atomic E-state index is 0.669. The zero-order valence-corrected chi connectivity index (χ0v) is 35.5. The van der Waals surface area contributed by atoms with E-state index in [4.69, 9.17) is 15.0 Å². The van der Waals surface area contributed by atoms with E-state index >= 15 is 0 Å². The van der Waals surface area contributed by atoms with Gasteiger partial charge in [-0.3, -0.25) is 0 Å². The van der Waals surface area contributed by atoms with Crippen LogP contribution in [-0.2, 0) is 0 Å². The highest BCUT2D eigenvalue weighted by Crippen LogP contribution is 2.45. The molecule has 3 aromatic heterocycles. The molecule has 12 rings (SSSR count). The molecule has 0 atom stereocenters. The standard InChI is InChI=1S/C57H39N3S2/c1-4-16-36(17-5-1)38-30-32-40(33-31-38)52-48(39-20-8-3-9-21-39)34-41(37-18-6-2-7-19-37)35-49(52)57-59-55(46-26-14-24-44-42-22-10-12-28-50(42)61-53(44)46)58-56(60-57)47-27-15-25-45-43-23-11-13-29-51(43)62-54(45)47/h1-4,6-14,16,18-26,28-35H,5,15,17,27H2. The molecule has 0 spiro atoms. The fraction of sp³-hybridized carbons (Fsp3) is 0.0702. The summed E-state index contributed by atoms with van der Waals surface area (Å²) >= 11 is 3.66. The molecule has 0 amide bonds. The summed E-state index contributed by atoms with van der Waals surface area (Å²) in [6.07, 6.45) is 13.0. The Hall–Kier alpha value is -7.05. The number of hydrogen-bond donors (Lipinski definition) is 0. The second-order valence-corrected chi connectivity index (χ2v) is 18.2. The van der Waals surface area contributed by atoms with Gasteiger partial charge in [0.15, 0.2) is 17.5 Å². The van der Waals surface area contributed by atoms with Crippen LogP contribution in [0.3, 0.4) is 0 Å². The SMILES string of the molecule is C1=CCCC(c2ccc(-c3c(-c4ccccc4)cc(-c4ccccc4)cc3-c3nc(C4=c5sc6ccccc6c5=CCC4)nc(-c4cccc5c4sc4ccccc45)n3)cc2)=C1. The minimum Gasteiger partial charge on any atom is -0.208 e. The van der Waals surface area contributed by atoms with Crippen LogP contribution in [0.1, 0.15) is 37.1 Å². The molecule has 0 aliphatic heterocycles. The van der Waals surface area contributed by atoms with Gasteiger partial charge in [0.05, 0.1) is 0 Å². The van der Waals surface area contributed by atoms with Crippen molar-refractivity contribution in [2.45, 2.75) is 25.7 Å². The molecule has 2 aliphatic rings. The maximum Gasteiger partial charge on any atom is 0.165 e. The molecule has 7 aromatic carbocycles. The van der Waals surface area contributed by atoms with Crippen molar-refractivity contribution in [3.8, 4) is 56.2 Å². The van der Waals surface area contributed by atoms with E-state index in [1.165, 1.54) is 56.7 Å². The first-order valence-electron chi connectivity index (χ1n) is 21.4. The van der Waals surface area contributed by atoms with Gasteiger partial charge in [-0.2, -0.15) is 0 Å². The summed E-state index contributed by atoms with van der Waals surface area (Å²) in [7, 11) is 0. The average molecular weight is 830 g/mol. The quantitative estimate of drug-likeness (QED) is 0.161. The second-order valence-electron chi connectivity index (χ2n) is 16.1. The van der Waals surface area contributed by atoms with Crippen molar-refractivity contribution in [1.29, 1.82) is 0 Å². The van der Waals surface area contributed by atoms with Gasteiger partial charge in [-0.15, -0.1) is 22.7 Å². The third-order valence-electron chi connectivity index (χ3n) is 12.3. The molecule has 3 heterocycles. The first-order valence-corrected chi connectivity index (χ1v) is 23.0. The molecule has 0 bridgehead atoms. The van der Waals surface area contributed by atoms with Gasteiger partial charge in [0.25, 0.3) is 0 Å². The first-order chi connectivity index (χ1) is 30.7. The molecule has 0 saturated carbocycles. The zero-order chi connectivity index (χ0) is 41.0. The van der Waals surface area contributed by atoms with E-state index in [2.05, 4.69) is 188 Å². The fourth-order valence-corrected chi connectivity index (χ4v) is 11.8. The Morgan fingerprint density at radius 2 is 1.08 bits per heavy atom. The largest absolute Gasteiger partial charge is 0.208 e. The van der Waals surface area contributed by atoms with E-state index in [-0.39, 0.29) is 0 Å². The van der Waals surface area contributed by atoms with Crippen molar-refractivity contribution < 1.29 is 0 Å². The van der Waals surface area contributed by atoms with Gasteiger partial charge in [-0.05, 0) is 106 Å². The maximum atomic E-state index is 5.61.